The Kier molecular flexibility index (Phi) is 7.60. The summed E-state index contributed by atoms with van der Waals surface area (Å²) in [6, 6.07) is 4.14. The van der Waals surface area contributed by atoms with Gasteiger partial charge in [-0.15, -0.1) is 0 Å². The largest absolute Gasteiger partial charge is 0.423 e. The maximum Gasteiger partial charge on any atom is 0.316 e. The van der Waals surface area contributed by atoms with Crippen molar-refractivity contribution < 1.29 is 32.5 Å². The zero-order valence-corrected chi connectivity index (χ0v) is 17.1. The minimum atomic E-state index is -1.50. The maximum absolute atomic E-state index is 14.5. The summed E-state index contributed by atoms with van der Waals surface area (Å²) in [6.45, 7) is 4.11. The molecule has 2 aliphatic heterocycles. The van der Waals surface area contributed by atoms with Gasteiger partial charge in [0.15, 0.2) is 23.5 Å². The number of carbonyl (C=O) groups excluding carboxylic acids is 1. The molecule has 5 nitrogen and oxygen atoms in total. The minimum absolute atomic E-state index is 0.0927. The zero-order chi connectivity index (χ0) is 20.9. The van der Waals surface area contributed by atoms with Crippen LogP contribution in [0.4, 0.5) is 8.78 Å². The topological polar surface area (TPSA) is 54.0 Å². The number of halogens is 2. The number of benzene rings is 1. The Hall–Kier alpha value is -1.57. The third-order valence-electron chi connectivity index (χ3n) is 5.44. The molecule has 3 rings (SSSR count). The van der Waals surface area contributed by atoms with Gasteiger partial charge in [0.25, 0.3) is 0 Å². The SMILES string of the molecule is CCCC1CCC(C(=O)Oc2ccc(C3OCC(F)(CCC)CO3)cc2F)CO1. The van der Waals surface area contributed by atoms with E-state index in [2.05, 4.69) is 6.92 Å². The third kappa shape index (κ3) is 5.74. The zero-order valence-electron chi connectivity index (χ0n) is 17.1. The van der Waals surface area contributed by atoms with Crippen LogP contribution in [0.5, 0.6) is 5.75 Å². The molecule has 162 valence electrons. The van der Waals surface area contributed by atoms with Gasteiger partial charge in [-0.3, -0.25) is 4.79 Å². The first kappa shape index (κ1) is 22.1. The van der Waals surface area contributed by atoms with Crippen LogP contribution in [0.25, 0.3) is 0 Å². The molecule has 2 atom stereocenters. The molecular formula is C22H30F2O5. The Morgan fingerprint density at radius 3 is 2.52 bits per heavy atom. The first-order valence-corrected chi connectivity index (χ1v) is 10.5. The molecule has 7 heteroatoms. The Morgan fingerprint density at radius 2 is 1.93 bits per heavy atom. The summed E-state index contributed by atoms with van der Waals surface area (Å²) in [7, 11) is 0. The van der Waals surface area contributed by atoms with Crippen molar-refractivity contribution in [2.75, 3.05) is 19.8 Å². The highest BCUT2D eigenvalue weighted by Crippen LogP contribution is 2.33. The summed E-state index contributed by atoms with van der Waals surface area (Å²) >= 11 is 0. The molecule has 0 spiro atoms. The van der Waals surface area contributed by atoms with E-state index >= 15 is 0 Å². The molecule has 0 aliphatic carbocycles. The van der Waals surface area contributed by atoms with E-state index < -0.39 is 23.7 Å². The van der Waals surface area contributed by atoms with Crippen molar-refractivity contribution in [3.63, 3.8) is 0 Å². The summed E-state index contributed by atoms with van der Waals surface area (Å²) in [5.74, 6) is -1.70. The number of alkyl halides is 1. The second-order valence-electron chi connectivity index (χ2n) is 7.98. The lowest BCUT2D eigenvalue weighted by Crippen LogP contribution is -2.41. The van der Waals surface area contributed by atoms with Gasteiger partial charge in [0, 0.05) is 5.56 Å². The van der Waals surface area contributed by atoms with Gasteiger partial charge in [-0.2, -0.15) is 0 Å². The Labute approximate surface area is 170 Å². The lowest BCUT2D eigenvalue weighted by molar-refractivity contribution is -0.239. The van der Waals surface area contributed by atoms with Gasteiger partial charge >= 0.3 is 5.97 Å². The number of rotatable bonds is 7. The molecule has 29 heavy (non-hydrogen) atoms. The highest BCUT2D eigenvalue weighted by molar-refractivity contribution is 5.75. The van der Waals surface area contributed by atoms with E-state index in [9.17, 15) is 13.6 Å². The summed E-state index contributed by atoms with van der Waals surface area (Å²) in [6.07, 6.45) is 3.89. The fourth-order valence-electron chi connectivity index (χ4n) is 3.80. The van der Waals surface area contributed by atoms with E-state index in [0.717, 1.165) is 19.3 Å². The van der Waals surface area contributed by atoms with Crippen molar-refractivity contribution in [2.24, 2.45) is 5.92 Å². The van der Waals surface area contributed by atoms with Crippen molar-refractivity contribution in [2.45, 2.75) is 70.4 Å². The summed E-state index contributed by atoms with van der Waals surface area (Å²) in [5.41, 5.74) is -1.08. The van der Waals surface area contributed by atoms with Crippen molar-refractivity contribution in [3.8, 4) is 5.75 Å². The lowest BCUT2D eigenvalue weighted by atomic mass is 9.96. The molecule has 0 radical (unpaired) electrons. The quantitative estimate of drug-likeness (QED) is 0.472. The maximum atomic E-state index is 14.5. The monoisotopic (exact) mass is 412 g/mol. The second kappa shape index (κ2) is 9.96. The third-order valence-corrected chi connectivity index (χ3v) is 5.44. The minimum Gasteiger partial charge on any atom is -0.423 e. The summed E-state index contributed by atoms with van der Waals surface area (Å²) in [5, 5.41) is 0. The van der Waals surface area contributed by atoms with Crippen LogP contribution < -0.4 is 4.74 Å². The lowest BCUT2D eigenvalue weighted by Gasteiger charge is -2.34. The molecule has 0 saturated carbocycles. The first-order valence-electron chi connectivity index (χ1n) is 10.5. The number of hydrogen-bond acceptors (Lipinski definition) is 5. The van der Waals surface area contributed by atoms with Gasteiger partial charge in [-0.1, -0.05) is 32.8 Å². The van der Waals surface area contributed by atoms with Gasteiger partial charge in [0.1, 0.15) is 0 Å². The van der Waals surface area contributed by atoms with E-state index in [-0.39, 0.29) is 31.0 Å². The highest BCUT2D eigenvalue weighted by atomic mass is 19.1. The average molecular weight is 412 g/mol. The van der Waals surface area contributed by atoms with Crippen LogP contribution in [-0.2, 0) is 19.0 Å². The average Bonchev–Trinajstić information content (AvgIpc) is 2.71. The van der Waals surface area contributed by atoms with E-state index in [1.54, 1.807) is 6.07 Å². The molecule has 2 heterocycles. The van der Waals surface area contributed by atoms with E-state index in [4.69, 9.17) is 18.9 Å². The molecular weight excluding hydrogens is 382 g/mol. The molecule has 0 bridgehead atoms. The van der Waals surface area contributed by atoms with Gasteiger partial charge in [0.2, 0.25) is 0 Å². The van der Waals surface area contributed by atoms with Crippen molar-refractivity contribution >= 4 is 5.97 Å². The predicted molar refractivity (Wildman–Crippen MR) is 103 cm³/mol. The van der Waals surface area contributed by atoms with Crippen LogP contribution >= 0.6 is 0 Å². The Bertz CT molecular complexity index is 680. The van der Waals surface area contributed by atoms with Crippen molar-refractivity contribution in [3.05, 3.63) is 29.6 Å². The summed E-state index contributed by atoms with van der Waals surface area (Å²) < 4.78 is 50.7. The van der Waals surface area contributed by atoms with Crippen molar-refractivity contribution in [1.29, 1.82) is 0 Å². The van der Waals surface area contributed by atoms with Crippen LogP contribution in [0, 0.1) is 11.7 Å². The van der Waals surface area contributed by atoms with Crippen LogP contribution in [0.3, 0.4) is 0 Å². The smallest absolute Gasteiger partial charge is 0.316 e. The van der Waals surface area contributed by atoms with Crippen LogP contribution in [0.1, 0.15) is 64.2 Å². The molecule has 2 fully saturated rings. The van der Waals surface area contributed by atoms with E-state index in [1.807, 2.05) is 6.92 Å². The normalized spacial score (nSPS) is 30.1. The number of carbonyl (C=O) groups is 1. The van der Waals surface area contributed by atoms with Crippen LogP contribution in [0.15, 0.2) is 18.2 Å². The van der Waals surface area contributed by atoms with Gasteiger partial charge in [-0.05, 0) is 37.8 Å². The first-order chi connectivity index (χ1) is 13.9. The molecule has 1 aromatic rings. The fourth-order valence-corrected chi connectivity index (χ4v) is 3.80. The van der Waals surface area contributed by atoms with Crippen LogP contribution in [0.2, 0.25) is 0 Å². The second-order valence-corrected chi connectivity index (χ2v) is 7.98. The number of esters is 1. The Balaban J connectivity index is 1.54. The molecule has 2 saturated heterocycles. The molecule has 2 aliphatic rings. The van der Waals surface area contributed by atoms with Gasteiger partial charge < -0.3 is 18.9 Å². The van der Waals surface area contributed by atoms with Crippen LogP contribution in [-0.4, -0.2) is 37.6 Å². The van der Waals surface area contributed by atoms with E-state index in [0.29, 0.717) is 31.4 Å². The number of ether oxygens (including phenoxy) is 4. The molecule has 0 aromatic heterocycles. The Morgan fingerprint density at radius 1 is 1.17 bits per heavy atom. The number of hydrogen-bond donors (Lipinski definition) is 0. The molecule has 0 N–H and O–H groups in total. The van der Waals surface area contributed by atoms with Gasteiger partial charge in [-0.25, -0.2) is 8.78 Å². The standard InChI is InChI=1S/C22H30F2O5/c1-3-5-17-8-6-16(12-26-17)20(25)29-19-9-7-15(11-18(19)23)21-27-13-22(24,10-4-2)14-28-21/h7,9,11,16-17,21H,3-6,8,10,12-14H2,1-2H3. The molecule has 2 unspecified atom stereocenters. The molecule has 0 amide bonds. The predicted octanol–water partition coefficient (Wildman–Crippen LogP) is 4.88. The molecule has 1 aromatic carbocycles. The van der Waals surface area contributed by atoms with E-state index in [1.165, 1.54) is 12.1 Å². The highest BCUT2D eigenvalue weighted by Gasteiger charge is 2.37. The van der Waals surface area contributed by atoms with Crippen molar-refractivity contribution in [1.82, 2.24) is 0 Å². The summed E-state index contributed by atoms with van der Waals surface area (Å²) in [4.78, 5) is 12.3. The fraction of sp³-hybridized carbons (Fsp3) is 0.682. The van der Waals surface area contributed by atoms with Gasteiger partial charge in [0.05, 0.1) is 31.8 Å².